The predicted molar refractivity (Wildman–Crippen MR) is 104 cm³/mol. The molecule has 0 N–H and O–H groups in total. The first kappa shape index (κ1) is 18.7. The Kier molecular flexibility index (Phi) is 5.97. The van der Waals surface area contributed by atoms with E-state index in [1.54, 1.807) is 7.05 Å². The van der Waals surface area contributed by atoms with Gasteiger partial charge in [0.25, 0.3) is 0 Å². The Labute approximate surface area is 150 Å². The molecule has 0 fully saturated rings. The first-order valence-electron chi connectivity index (χ1n) is 8.48. The number of aryl methyl sites for hydroxylation is 1. The minimum atomic E-state index is -0.505. The van der Waals surface area contributed by atoms with Crippen molar-refractivity contribution in [2.45, 2.75) is 39.7 Å². The maximum Gasteiger partial charge on any atom is 0.414 e. The maximum absolute atomic E-state index is 12.1. The van der Waals surface area contributed by atoms with Gasteiger partial charge in [-0.25, -0.2) is 4.79 Å². The minimum absolute atomic E-state index is 0.363. The van der Waals surface area contributed by atoms with E-state index in [-0.39, 0.29) is 6.09 Å². The van der Waals surface area contributed by atoms with Crippen molar-refractivity contribution in [1.29, 1.82) is 0 Å². The minimum Gasteiger partial charge on any atom is -0.443 e. The lowest BCUT2D eigenvalue weighted by atomic mass is 10.1. The molecule has 4 heteroatoms. The second-order valence-electron chi connectivity index (χ2n) is 6.90. The van der Waals surface area contributed by atoms with Crippen LogP contribution >= 0.6 is 0 Å². The monoisotopic (exact) mass is 338 g/mol. The quantitative estimate of drug-likeness (QED) is 0.771. The van der Waals surface area contributed by atoms with E-state index in [0.29, 0.717) is 0 Å². The van der Waals surface area contributed by atoms with E-state index < -0.39 is 5.60 Å². The number of nitrogens with zero attached hydrogens (tertiary/aromatic N) is 2. The number of rotatable bonds is 4. The van der Waals surface area contributed by atoms with E-state index in [2.05, 4.69) is 18.0 Å². The highest BCUT2D eigenvalue weighted by Gasteiger charge is 2.20. The number of aromatic nitrogens is 1. The van der Waals surface area contributed by atoms with E-state index in [1.165, 1.54) is 4.90 Å². The van der Waals surface area contributed by atoms with Crippen LogP contribution in [0, 0.1) is 0 Å². The normalized spacial score (nSPS) is 11.6. The van der Waals surface area contributed by atoms with Gasteiger partial charge in [-0.2, -0.15) is 0 Å². The Bertz CT molecular complexity index is 726. The van der Waals surface area contributed by atoms with Crippen LogP contribution in [0.15, 0.2) is 42.6 Å². The zero-order valence-electron chi connectivity index (χ0n) is 15.6. The number of carbonyl (C=O) groups is 1. The first-order valence-corrected chi connectivity index (χ1v) is 8.48. The lowest BCUT2D eigenvalue weighted by Crippen LogP contribution is -2.34. The van der Waals surface area contributed by atoms with Crippen LogP contribution in [0.3, 0.4) is 0 Å². The molecule has 0 saturated carbocycles. The molecule has 0 radical (unpaired) electrons. The van der Waals surface area contributed by atoms with Crippen LogP contribution in [0.5, 0.6) is 0 Å². The van der Waals surface area contributed by atoms with Gasteiger partial charge in [0.2, 0.25) is 0 Å². The first-order chi connectivity index (χ1) is 11.8. The van der Waals surface area contributed by atoms with Crippen LogP contribution in [-0.2, 0) is 11.2 Å². The third-order valence-corrected chi connectivity index (χ3v) is 3.63. The van der Waals surface area contributed by atoms with Gasteiger partial charge in [-0.3, -0.25) is 9.88 Å². The van der Waals surface area contributed by atoms with Gasteiger partial charge in [0.15, 0.2) is 0 Å². The fourth-order valence-electron chi connectivity index (χ4n) is 2.18. The number of amides is 1. The highest BCUT2D eigenvalue weighted by molar-refractivity contribution is 5.87. The van der Waals surface area contributed by atoms with Crippen LogP contribution in [-0.4, -0.2) is 23.7 Å². The van der Waals surface area contributed by atoms with Gasteiger partial charge in [-0.05, 0) is 56.5 Å². The average molecular weight is 338 g/mol. The molecule has 0 aliphatic carbocycles. The Hall–Kier alpha value is -2.62. The van der Waals surface area contributed by atoms with Crippen LogP contribution in [0.25, 0.3) is 12.2 Å². The summed E-state index contributed by atoms with van der Waals surface area (Å²) >= 11 is 0. The van der Waals surface area contributed by atoms with Crippen molar-refractivity contribution in [2.24, 2.45) is 0 Å². The number of benzene rings is 1. The van der Waals surface area contributed by atoms with Crippen LogP contribution in [0.4, 0.5) is 10.5 Å². The van der Waals surface area contributed by atoms with Crippen molar-refractivity contribution in [2.75, 3.05) is 11.9 Å². The molecule has 0 aliphatic rings. The molecule has 0 saturated heterocycles. The summed E-state index contributed by atoms with van der Waals surface area (Å²) in [6.45, 7) is 7.66. The molecule has 25 heavy (non-hydrogen) atoms. The Morgan fingerprint density at radius 1 is 1.08 bits per heavy atom. The maximum atomic E-state index is 12.1. The van der Waals surface area contributed by atoms with Gasteiger partial charge in [-0.1, -0.05) is 37.3 Å². The highest BCUT2D eigenvalue weighted by atomic mass is 16.6. The third-order valence-electron chi connectivity index (χ3n) is 3.63. The Morgan fingerprint density at radius 2 is 1.68 bits per heavy atom. The lowest BCUT2D eigenvalue weighted by molar-refractivity contribution is 0.0589. The van der Waals surface area contributed by atoms with E-state index >= 15 is 0 Å². The average Bonchev–Trinajstić information content (AvgIpc) is 2.58. The molecule has 1 aromatic carbocycles. The highest BCUT2D eigenvalue weighted by Crippen LogP contribution is 2.18. The summed E-state index contributed by atoms with van der Waals surface area (Å²) in [5.41, 5.74) is 3.50. The predicted octanol–water partition coefficient (Wildman–Crippen LogP) is 5.19. The molecule has 2 rings (SSSR count). The fourth-order valence-corrected chi connectivity index (χ4v) is 2.18. The molecule has 0 atom stereocenters. The summed E-state index contributed by atoms with van der Waals surface area (Å²) in [6.07, 6.45) is 6.51. The number of carbonyl (C=O) groups excluding carboxylic acids is 1. The van der Waals surface area contributed by atoms with Gasteiger partial charge >= 0.3 is 6.09 Å². The molecule has 1 aromatic heterocycles. The molecule has 0 spiro atoms. The fraction of sp³-hybridized carbons (Fsp3) is 0.333. The van der Waals surface area contributed by atoms with Crippen molar-refractivity contribution in [1.82, 2.24) is 4.98 Å². The zero-order valence-corrected chi connectivity index (χ0v) is 15.6. The van der Waals surface area contributed by atoms with Crippen molar-refractivity contribution in [3.05, 3.63) is 59.4 Å². The largest absolute Gasteiger partial charge is 0.443 e. The third kappa shape index (κ3) is 5.75. The molecule has 1 heterocycles. The molecular weight excluding hydrogens is 312 g/mol. The zero-order chi connectivity index (χ0) is 18.4. The SMILES string of the molecule is CCc1ccc(/C=C/c2ccc(N(C)C(=O)OC(C)(C)C)cc2)cn1. The number of hydrogen-bond acceptors (Lipinski definition) is 3. The molecular formula is C21H26N2O2. The molecule has 2 aromatic rings. The van der Waals surface area contributed by atoms with Gasteiger partial charge in [0.1, 0.15) is 5.60 Å². The van der Waals surface area contributed by atoms with Crippen LogP contribution < -0.4 is 4.90 Å². The van der Waals surface area contributed by atoms with E-state index in [1.807, 2.05) is 69.5 Å². The molecule has 132 valence electrons. The molecule has 0 aliphatic heterocycles. The summed E-state index contributed by atoms with van der Waals surface area (Å²) < 4.78 is 5.37. The van der Waals surface area contributed by atoms with E-state index in [9.17, 15) is 4.79 Å². The Morgan fingerprint density at radius 3 is 2.20 bits per heavy atom. The molecule has 4 nitrogen and oxygen atoms in total. The summed E-state index contributed by atoms with van der Waals surface area (Å²) in [7, 11) is 1.71. The Balaban J connectivity index is 2.03. The number of hydrogen-bond donors (Lipinski definition) is 0. The standard InChI is InChI=1S/C21H26N2O2/c1-6-18-12-9-17(15-22-18)8-7-16-10-13-19(14-11-16)23(5)20(24)25-21(2,3)4/h7-15H,6H2,1-5H3/b8-7+. The summed E-state index contributed by atoms with van der Waals surface area (Å²) in [6, 6.07) is 11.9. The van der Waals surface area contributed by atoms with Crippen LogP contribution in [0.2, 0.25) is 0 Å². The second kappa shape index (κ2) is 7.97. The van der Waals surface area contributed by atoms with Gasteiger partial charge in [-0.15, -0.1) is 0 Å². The van der Waals surface area contributed by atoms with Gasteiger partial charge in [0, 0.05) is 24.6 Å². The second-order valence-corrected chi connectivity index (χ2v) is 6.90. The number of ether oxygens (including phenoxy) is 1. The smallest absolute Gasteiger partial charge is 0.414 e. The van der Waals surface area contributed by atoms with Crippen molar-refractivity contribution < 1.29 is 9.53 Å². The van der Waals surface area contributed by atoms with E-state index in [0.717, 1.165) is 28.9 Å². The summed E-state index contributed by atoms with van der Waals surface area (Å²) in [5.74, 6) is 0. The molecule has 1 amide bonds. The molecule has 0 unspecified atom stereocenters. The van der Waals surface area contributed by atoms with Crippen molar-refractivity contribution in [3.8, 4) is 0 Å². The molecule has 0 bridgehead atoms. The van der Waals surface area contributed by atoms with Crippen molar-refractivity contribution in [3.63, 3.8) is 0 Å². The summed E-state index contributed by atoms with van der Waals surface area (Å²) in [4.78, 5) is 18.0. The summed E-state index contributed by atoms with van der Waals surface area (Å²) in [5, 5.41) is 0. The number of anilines is 1. The van der Waals surface area contributed by atoms with Gasteiger partial charge in [0.05, 0.1) is 0 Å². The number of pyridine rings is 1. The topological polar surface area (TPSA) is 42.4 Å². The lowest BCUT2D eigenvalue weighted by Gasteiger charge is -2.24. The van der Waals surface area contributed by atoms with Crippen LogP contribution in [0.1, 0.15) is 44.5 Å². The van der Waals surface area contributed by atoms with Crippen molar-refractivity contribution >= 4 is 23.9 Å². The van der Waals surface area contributed by atoms with Gasteiger partial charge < -0.3 is 4.74 Å². The van der Waals surface area contributed by atoms with E-state index in [4.69, 9.17) is 4.74 Å².